The van der Waals surface area contributed by atoms with E-state index in [1.807, 2.05) is 0 Å². The zero-order valence-corrected chi connectivity index (χ0v) is 15.1. The molecule has 1 aliphatic heterocycles. The maximum atomic E-state index is 13.8. The van der Waals surface area contributed by atoms with Crippen molar-refractivity contribution in [2.45, 2.75) is 11.8 Å². The van der Waals surface area contributed by atoms with Crippen molar-refractivity contribution in [3.8, 4) is 0 Å². The Hall–Kier alpha value is -2.29. The lowest BCUT2D eigenvalue weighted by Crippen LogP contribution is -2.40. The number of nitrogens with zero attached hydrogens (tertiary/aromatic N) is 1. The Morgan fingerprint density at radius 2 is 1.85 bits per heavy atom. The minimum Gasteiger partial charge on any atom is -0.379 e. The number of morpholine rings is 1. The Kier molecular flexibility index (Phi) is 5.36. The third kappa shape index (κ3) is 3.77. The second-order valence-electron chi connectivity index (χ2n) is 5.93. The normalized spacial score (nSPS) is 15.6. The Morgan fingerprint density at radius 3 is 2.54 bits per heavy atom. The SMILES string of the molecule is Cc1ccc(S(=O)(=O)N2CCOCC2)cc1NC(=O)c1ccccc1F. The number of ether oxygens (including phenoxy) is 1. The molecule has 3 rings (SSSR count). The fraction of sp³-hybridized carbons (Fsp3) is 0.278. The lowest BCUT2D eigenvalue weighted by molar-refractivity contribution is 0.0730. The van der Waals surface area contributed by atoms with E-state index in [4.69, 9.17) is 4.74 Å². The van der Waals surface area contributed by atoms with Crippen LogP contribution >= 0.6 is 0 Å². The summed E-state index contributed by atoms with van der Waals surface area (Å²) in [5.41, 5.74) is 0.900. The predicted molar refractivity (Wildman–Crippen MR) is 95.1 cm³/mol. The molecule has 1 aliphatic rings. The summed E-state index contributed by atoms with van der Waals surface area (Å²) in [6, 6.07) is 10.1. The van der Waals surface area contributed by atoms with Crippen LogP contribution in [0.4, 0.5) is 10.1 Å². The molecule has 1 saturated heterocycles. The van der Waals surface area contributed by atoms with E-state index in [2.05, 4.69) is 5.32 Å². The number of hydrogen-bond acceptors (Lipinski definition) is 4. The van der Waals surface area contributed by atoms with Gasteiger partial charge in [0, 0.05) is 18.8 Å². The summed E-state index contributed by atoms with van der Waals surface area (Å²) >= 11 is 0. The van der Waals surface area contributed by atoms with E-state index < -0.39 is 21.7 Å². The highest BCUT2D eigenvalue weighted by atomic mass is 32.2. The second-order valence-corrected chi connectivity index (χ2v) is 7.87. The van der Waals surface area contributed by atoms with Crippen molar-refractivity contribution in [2.75, 3.05) is 31.6 Å². The molecule has 0 bridgehead atoms. The van der Waals surface area contributed by atoms with Crippen molar-refractivity contribution in [2.24, 2.45) is 0 Å². The van der Waals surface area contributed by atoms with Gasteiger partial charge in [-0.05, 0) is 36.8 Å². The van der Waals surface area contributed by atoms with E-state index in [9.17, 15) is 17.6 Å². The number of anilines is 1. The fourth-order valence-corrected chi connectivity index (χ4v) is 4.10. The molecule has 0 aliphatic carbocycles. The van der Waals surface area contributed by atoms with Crippen molar-refractivity contribution in [3.05, 3.63) is 59.4 Å². The van der Waals surface area contributed by atoms with Crippen LogP contribution in [0.25, 0.3) is 0 Å². The monoisotopic (exact) mass is 378 g/mol. The smallest absolute Gasteiger partial charge is 0.258 e. The standard InChI is InChI=1S/C18H19FN2O4S/c1-13-6-7-14(26(23,24)21-8-10-25-11-9-21)12-17(13)20-18(22)15-4-2-3-5-16(15)19/h2-7,12H,8-11H2,1H3,(H,20,22). The molecule has 6 nitrogen and oxygen atoms in total. The van der Waals surface area contributed by atoms with Crippen LogP contribution in [0.2, 0.25) is 0 Å². The van der Waals surface area contributed by atoms with Gasteiger partial charge in [0.15, 0.2) is 0 Å². The maximum Gasteiger partial charge on any atom is 0.258 e. The van der Waals surface area contributed by atoms with E-state index in [0.29, 0.717) is 24.5 Å². The van der Waals surface area contributed by atoms with Crippen LogP contribution in [0.15, 0.2) is 47.4 Å². The summed E-state index contributed by atoms with van der Waals surface area (Å²) in [4.78, 5) is 12.4. The highest BCUT2D eigenvalue weighted by Crippen LogP contribution is 2.24. The highest BCUT2D eigenvalue weighted by Gasteiger charge is 2.27. The molecule has 8 heteroatoms. The quantitative estimate of drug-likeness (QED) is 0.887. The lowest BCUT2D eigenvalue weighted by atomic mass is 10.1. The number of aryl methyl sites for hydroxylation is 1. The number of rotatable bonds is 4. The molecule has 1 heterocycles. The molecule has 0 saturated carbocycles. The molecule has 1 amide bonds. The Labute approximate surface area is 151 Å². The molecule has 0 spiro atoms. The Balaban J connectivity index is 1.88. The van der Waals surface area contributed by atoms with Gasteiger partial charge in [0.05, 0.1) is 23.7 Å². The van der Waals surface area contributed by atoms with Crippen LogP contribution < -0.4 is 5.32 Å². The Morgan fingerprint density at radius 1 is 1.15 bits per heavy atom. The van der Waals surface area contributed by atoms with Gasteiger partial charge in [-0.15, -0.1) is 0 Å². The van der Waals surface area contributed by atoms with Crippen molar-refractivity contribution < 1.29 is 22.3 Å². The summed E-state index contributed by atoms with van der Waals surface area (Å²) in [5.74, 6) is -1.27. The summed E-state index contributed by atoms with van der Waals surface area (Å²) in [6.07, 6.45) is 0. The van der Waals surface area contributed by atoms with Crippen molar-refractivity contribution in [1.29, 1.82) is 0 Å². The molecule has 0 atom stereocenters. The molecule has 1 N–H and O–H groups in total. The van der Waals surface area contributed by atoms with Crippen LogP contribution in [-0.2, 0) is 14.8 Å². The lowest BCUT2D eigenvalue weighted by Gasteiger charge is -2.26. The van der Waals surface area contributed by atoms with Gasteiger partial charge in [-0.3, -0.25) is 4.79 Å². The first kappa shape index (κ1) is 18.5. The molecule has 0 radical (unpaired) electrons. The molecule has 1 fully saturated rings. The van der Waals surface area contributed by atoms with Crippen LogP contribution in [-0.4, -0.2) is 44.9 Å². The molecule has 0 unspecified atom stereocenters. The topological polar surface area (TPSA) is 75.7 Å². The average molecular weight is 378 g/mol. The van der Waals surface area contributed by atoms with Gasteiger partial charge in [-0.1, -0.05) is 18.2 Å². The van der Waals surface area contributed by atoms with Crippen molar-refractivity contribution >= 4 is 21.6 Å². The largest absolute Gasteiger partial charge is 0.379 e. The first-order chi connectivity index (χ1) is 12.4. The van der Waals surface area contributed by atoms with Crippen LogP contribution in [0.3, 0.4) is 0 Å². The van der Waals surface area contributed by atoms with E-state index >= 15 is 0 Å². The number of carbonyl (C=O) groups is 1. The van der Waals surface area contributed by atoms with Gasteiger partial charge in [0.1, 0.15) is 5.82 Å². The van der Waals surface area contributed by atoms with Gasteiger partial charge in [-0.25, -0.2) is 12.8 Å². The summed E-state index contributed by atoms with van der Waals surface area (Å²) in [5, 5.41) is 2.60. The van der Waals surface area contributed by atoms with Gasteiger partial charge in [0.25, 0.3) is 5.91 Å². The van der Waals surface area contributed by atoms with E-state index in [0.717, 1.165) is 0 Å². The average Bonchev–Trinajstić information content (AvgIpc) is 2.64. The summed E-state index contributed by atoms with van der Waals surface area (Å²) in [6.45, 7) is 3.01. The maximum absolute atomic E-state index is 13.8. The number of halogens is 1. The third-order valence-electron chi connectivity index (χ3n) is 4.18. The van der Waals surface area contributed by atoms with Crippen LogP contribution in [0.5, 0.6) is 0 Å². The first-order valence-corrected chi connectivity index (χ1v) is 9.58. The number of hydrogen-bond donors (Lipinski definition) is 1. The number of sulfonamides is 1. The van der Waals surface area contributed by atoms with E-state index in [-0.39, 0.29) is 23.5 Å². The van der Waals surface area contributed by atoms with E-state index in [1.54, 1.807) is 19.1 Å². The zero-order valence-electron chi connectivity index (χ0n) is 14.2. The van der Waals surface area contributed by atoms with Crippen LogP contribution in [0, 0.1) is 12.7 Å². The molecule has 26 heavy (non-hydrogen) atoms. The van der Waals surface area contributed by atoms with Gasteiger partial charge < -0.3 is 10.1 Å². The fourth-order valence-electron chi connectivity index (χ4n) is 2.67. The summed E-state index contributed by atoms with van der Waals surface area (Å²) in [7, 11) is -3.68. The predicted octanol–water partition coefficient (Wildman–Crippen LogP) is 2.41. The minimum absolute atomic E-state index is 0.0776. The zero-order chi connectivity index (χ0) is 18.7. The second kappa shape index (κ2) is 7.53. The molecule has 0 aromatic heterocycles. The molecule has 2 aromatic rings. The van der Waals surface area contributed by atoms with Crippen molar-refractivity contribution in [1.82, 2.24) is 4.31 Å². The number of nitrogens with one attached hydrogen (secondary N) is 1. The van der Waals surface area contributed by atoms with Gasteiger partial charge >= 0.3 is 0 Å². The minimum atomic E-state index is -3.68. The molecule has 138 valence electrons. The van der Waals surface area contributed by atoms with Crippen molar-refractivity contribution in [3.63, 3.8) is 0 Å². The highest BCUT2D eigenvalue weighted by molar-refractivity contribution is 7.89. The molecular formula is C18H19FN2O4S. The number of benzene rings is 2. The van der Waals surface area contributed by atoms with Gasteiger partial charge in [-0.2, -0.15) is 4.31 Å². The van der Waals surface area contributed by atoms with E-state index in [1.165, 1.54) is 34.6 Å². The Bertz CT molecular complexity index is 925. The molecular weight excluding hydrogens is 359 g/mol. The molecule has 2 aromatic carbocycles. The number of amides is 1. The van der Waals surface area contributed by atoms with Gasteiger partial charge in [0.2, 0.25) is 10.0 Å². The van der Waals surface area contributed by atoms with Crippen LogP contribution in [0.1, 0.15) is 15.9 Å². The third-order valence-corrected chi connectivity index (χ3v) is 6.08. The summed E-state index contributed by atoms with van der Waals surface area (Å²) < 4.78 is 45.8. The first-order valence-electron chi connectivity index (χ1n) is 8.14. The number of carbonyl (C=O) groups excluding carboxylic acids is 1.